The lowest BCUT2D eigenvalue weighted by Crippen LogP contribution is -2.38. The number of hydrogen-bond donors (Lipinski definition) is 1. The molecule has 2 aromatic carbocycles. The number of methoxy groups -OCH3 is 1. The van der Waals surface area contributed by atoms with Crippen molar-refractivity contribution in [1.29, 1.82) is 0 Å². The molecule has 31 heavy (non-hydrogen) atoms. The predicted octanol–water partition coefficient (Wildman–Crippen LogP) is 3.59. The van der Waals surface area contributed by atoms with E-state index < -0.39 is 0 Å². The second-order valence-electron chi connectivity index (χ2n) is 7.44. The first-order chi connectivity index (χ1) is 14.9. The fourth-order valence-corrected chi connectivity index (χ4v) is 3.18. The molecule has 1 N–H and O–H groups in total. The largest absolute Gasteiger partial charge is 0.383 e. The van der Waals surface area contributed by atoms with E-state index in [1.807, 2.05) is 60.2 Å². The summed E-state index contributed by atoms with van der Waals surface area (Å²) in [6.07, 6.45) is 1.91. The Morgan fingerprint density at radius 2 is 1.84 bits per heavy atom. The van der Waals surface area contributed by atoms with Crippen LogP contribution < -0.4 is 5.32 Å². The molecule has 0 saturated carbocycles. The molecule has 3 aromatic rings. The van der Waals surface area contributed by atoms with Gasteiger partial charge in [-0.15, -0.1) is 0 Å². The number of nitrogens with zero attached hydrogens (tertiary/aromatic N) is 3. The molecule has 0 spiro atoms. The summed E-state index contributed by atoms with van der Waals surface area (Å²) in [5.74, 6) is -0.0985. The number of carbonyl (C=O) groups excluding carboxylic acids is 2. The fraction of sp³-hybridized carbons (Fsp3) is 0.292. The minimum atomic E-state index is -0.318. The summed E-state index contributed by atoms with van der Waals surface area (Å²) in [6.45, 7) is 6.18. The van der Waals surface area contributed by atoms with Crippen LogP contribution in [-0.4, -0.2) is 53.1 Å². The number of amides is 2. The highest BCUT2D eigenvalue weighted by molar-refractivity contribution is 5.93. The number of aryl methyl sites for hydroxylation is 2. The minimum Gasteiger partial charge on any atom is -0.383 e. The van der Waals surface area contributed by atoms with E-state index in [4.69, 9.17) is 4.74 Å². The van der Waals surface area contributed by atoms with Crippen molar-refractivity contribution in [1.82, 2.24) is 14.5 Å². The lowest BCUT2D eigenvalue weighted by molar-refractivity contribution is -0.133. The van der Waals surface area contributed by atoms with Gasteiger partial charge in [0.05, 0.1) is 12.3 Å². The third-order valence-corrected chi connectivity index (χ3v) is 5.14. The van der Waals surface area contributed by atoms with E-state index >= 15 is 0 Å². The molecular formula is C24H28N4O3. The van der Waals surface area contributed by atoms with Gasteiger partial charge in [0.1, 0.15) is 6.54 Å². The number of anilines is 1. The van der Waals surface area contributed by atoms with Crippen LogP contribution in [0.1, 0.15) is 18.1 Å². The zero-order valence-electron chi connectivity index (χ0n) is 18.4. The summed E-state index contributed by atoms with van der Waals surface area (Å²) >= 11 is 0. The summed E-state index contributed by atoms with van der Waals surface area (Å²) < 4.78 is 6.89. The lowest BCUT2D eigenvalue weighted by atomic mass is 10.1. The van der Waals surface area contributed by atoms with Gasteiger partial charge >= 0.3 is 0 Å². The van der Waals surface area contributed by atoms with Gasteiger partial charge in [0.15, 0.2) is 0 Å². The molecule has 0 atom stereocenters. The third kappa shape index (κ3) is 5.58. The van der Waals surface area contributed by atoms with Crippen LogP contribution >= 0.6 is 0 Å². The van der Waals surface area contributed by atoms with Gasteiger partial charge in [-0.25, -0.2) is 4.98 Å². The molecule has 1 aromatic heterocycles. The normalized spacial score (nSPS) is 10.7. The second-order valence-corrected chi connectivity index (χ2v) is 7.44. The molecule has 0 aliphatic rings. The van der Waals surface area contributed by atoms with Crippen molar-refractivity contribution < 1.29 is 14.3 Å². The van der Waals surface area contributed by atoms with Crippen molar-refractivity contribution in [2.75, 3.05) is 32.1 Å². The van der Waals surface area contributed by atoms with Crippen LogP contribution in [0.15, 0.2) is 54.7 Å². The summed E-state index contributed by atoms with van der Waals surface area (Å²) in [7, 11) is 1.56. The van der Waals surface area contributed by atoms with Crippen molar-refractivity contribution in [2.24, 2.45) is 0 Å². The molecule has 2 amide bonds. The first-order valence-corrected chi connectivity index (χ1v) is 10.2. The Bertz CT molecular complexity index is 1060. The highest BCUT2D eigenvalue weighted by Gasteiger charge is 2.18. The number of rotatable bonds is 8. The maximum atomic E-state index is 12.7. The van der Waals surface area contributed by atoms with Crippen molar-refractivity contribution >= 4 is 17.8 Å². The number of carbonyl (C=O) groups is 2. The van der Waals surface area contributed by atoms with Gasteiger partial charge in [-0.1, -0.05) is 36.4 Å². The molecule has 0 unspecified atom stereocenters. The summed E-state index contributed by atoms with van der Waals surface area (Å²) in [4.78, 5) is 30.7. The zero-order valence-corrected chi connectivity index (χ0v) is 18.4. The Morgan fingerprint density at radius 3 is 2.48 bits per heavy atom. The van der Waals surface area contributed by atoms with Crippen LogP contribution in [0.4, 0.5) is 5.95 Å². The minimum absolute atomic E-state index is 0.0703. The first kappa shape index (κ1) is 22.2. The standard InChI is InChI=1S/C24H28N4O3/c1-17-10-11-21(14-18(17)2)28-15-22(20-8-6-5-7-9-20)25-24(28)26-23(30)16-27(19(3)29)12-13-31-4/h5-11,14-15H,12-13,16H2,1-4H3,(H,25,26,30). The lowest BCUT2D eigenvalue weighted by Gasteiger charge is -2.20. The fourth-order valence-electron chi connectivity index (χ4n) is 3.18. The van der Waals surface area contributed by atoms with Gasteiger partial charge in [0.25, 0.3) is 0 Å². The highest BCUT2D eigenvalue weighted by Crippen LogP contribution is 2.25. The summed E-state index contributed by atoms with van der Waals surface area (Å²) in [6, 6.07) is 15.9. The average Bonchev–Trinajstić information content (AvgIpc) is 3.17. The van der Waals surface area contributed by atoms with E-state index in [0.29, 0.717) is 19.1 Å². The van der Waals surface area contributed by atoms with Gasteiger partial charge in [0, 0.05) is 38.0 Å². The van der Waals surface area contributed by atoms with E-state index in [1.165, 1.54) is 17.4 Å². The van der Waals surface area contributed by atoms with Crippen molar-refractivity contribution in [3.63, 3.8) is 0 Å². The molecule has 0 aliphatic carbocycles. The van der Waals surface area contributed by atoms with Gasteiger partial charge in [-0.3, -0.25) is 19.5 Å². The van der Waals surface area contributed by atoms with E-state index in [-0.39, 0.29) is 18.4 Å². The van der Waals surface area contributed by atoms with Crippen molar-refractivity contribution in [3.8, 4) is 16.9 Å². The Hall–Kier alpha value is -3.45. The quantitative estimate of drug-likeness (QED) is 0.604. The number of imidazole rings is 1. The van der Waals surface area contributed by atoms with Gasteiger partial charge in [-0.2, -0.15) is 0 Å². The number of nitrogens with one attached hydrogen (secondary N) is 1. The monoisotopic (exact) mass is 420 g/mol. The molecule has 0 bridgehead atoms. The summed E-state index contributed by atoms with van der Waals surface area (Å²) in [5.41, 5.74) is 4.93. The van der Waals surface area contributed by atoms with Crippen LogP contribution in [0, 0.1) is 13.8 Å². The van der Waals surface area contributed by atoms with Crippen LogP contribution in [0.2, 0.25) is 0 Å². The molecule has 7 heteroatoms. The third-order valence-electron chi connectivity index (χ3n) is 5.14. The molecule has 0 fully saturated rings. The SMILES string of the molecule is COCCN(CC(=O)Nc1nc(-c2ccccc2)cn1-c1ccc(C)c(C)c1)C(C)=O. The van der Waals surface area contributed by atoms with Crippen molar-refractivity contribution in [3.05, 3.63) is 65.9 Å². The number of hydrogen-bond acceptors (Lipinski definition) is 4. The van der Waals surface area contributed by atoms with E-state index in [2.05, 4.69) is 23.3 Å². The van der Waals surface area contributed by atoms with Crippen molar-refractivity contribution in [2.45, 2.75) is 20.8 Å². The van der Waals surface area contributed by atoms with Gasteiger partial charge in [-0.05, 0) is 37.1 Å². The Kier molecular flexibility index (Phi) is 7.20. The molecule has 0 saturated heterocycles. The van der Waals surface area contributed by atoms with Crippen LogP contribution in [0.5, 0.6) is 0 Å². The second kappa shape index (κ2) is 10.0. The number of benzene rings is 2. The first-order valence-electron chi connectivity index (χ1n) is 10.2. The Morgan fingerprint density at radius 1 is 1.10 bits per heavy atom. The van der Waals surface area contributed by atoms with Crippen LogP contribution in [0.25, 0.3) is 16.9 Å². The van der Waals surface area contributed by atoms with Crippen LogP contribution in [-0.2, 0) is 14.3 Å². The van der Waals surface area contributed by atoms with E-state index in [9.17, 15) is 9.59 Å². The zero-order chi connectivity index (χ0) is 22.4. The van der Waals surface area contributed by atoms with E-state index in [1.54, 1.807) is 7.11 Å². The predicted molar refractivity (Wildman–Crippen MR) is 121 cm³/mol. The molecule has 7 nitrogen and oxygen atoms in total. The molecule has 1 heterocycles. The maximum absolute atomic E-state index is 12.7. The average molecular weight is 421 g/mol. The molecular weight excluding hydrogens is 392 g/mol. The maximum Gasteiger partial charge on any atom is 0.246 e. The highest BCUT2D eigenvalue weighted by atomic mass is 16.5. The molecule has 3 rings (SSSR count). The molecule has 0 radical (unpaired) electrons. The molecule has 0 aliphatic heterocycles. The smallest absolute Gasteiger partial charge is 0.246 e. The summed E-state index contributed by atoms with van der Waals surface area (Å²) in [5, 5.41) is 2.87. The van der Waals surface area contributed by atoms with Gasteiger partial charge < -0.3 is 9.64 Å². The van der Waals surface area contributed by atoms with Gasteiger partial charge in [0.2, 0.25) is 17.8 Å². The number of aromatic nitrogens is 2. The van der Waals surface area contributed by atoms with Crippen LogP contribution in [0.3, 0.4) is 0 Å². The van der Waals surface area contributed by atoms with E-state index in [0.717, 1.165) is 22.5 Å². The topological polar surface area (TPSA) is 76.5 Å². The number of ether oxygens (including phenoxy) is 1. The molecule has 162 valence electrons. The Balaban J connectivity index is 1.92. The Labute approximate surface area is 182 Å².